The Balaban J connectivity index is 2.60. The Bertz CT molecular complexity index is 674. The van der Waals surface area contributed by atoms with Crippen molar-refractivity contribution in [1.29, 1.82) is 0 Å². The first-order valence-electron chi connectivity index (χ1n) is 5.70. The summed E-state index contributed by atoms with van der Waals surface area (Å²) >= 11 is 0. The zero-order chi connectivity index (χ0) is 14.0. The van der Waals surface area contributed by atoms with E-state index in [1.807, 2.05) is 0 Å². The maximum Gasteiger partial charge on any atom is 0.328 e. The summed E-state index contributed by atoms with van der Waals surface area (Å²) in [7, 11) is 1.52. The molecule has 3 nitrogen and oxygen atoms in total. The van der Waals surface area contributed by atoms with Crippen molar-refractivity contribution >= 4 is 22.3 Å². The molecule has 0 amide bonds. The van der Waals surface area contributed by atoms with Crippen LogP contribution in [0.1, 0.15) is 12.5 Å². The minimum absolute atomic E-state index is 0.399. The molecule has 19 heavy (non-hydrogen) atoms. The van der Waals surface area contributed by atoms with Crippen LogP contribution in [-0.4, -0.2) is 18.2 Å². The second-order valence-corrected chi connectivity index (χ2v) is 4.21. The first-order valence-corrected chi connectivity index (χ1v) is 5.70. The molecule has 0 unspecified atom stereocenters. The van der Waals surface area contributed by atoms with Crippen LogP contribution in [0.3, 0.4) is 0 Å². The number of halogens is 1. The Morgan fingerprint density at radius 2 is 2.05 bits per heavy atom. The zero-order valence-electron chi connectivity index (χ0n) is 10.6. The zero-order valence-corrected chi connectivity index (χ0v) is 10.6. The number of aliphatic carboxylic acids is 1. The van der Waals surface area contributed by atoms with E-state index in [1.165, 1.54) is 13.2 Å². The second kappa shape index (κ2) is 5.10. The number of benzene rings is 2. The Kier molecular flexibility index (Phi) is 3.51. The van der Waals surface area contributed by atoms with Crippen LogP contribution >= 0.6 is 0 Å². The van der Waals surface area contributed by atoms with Crippen molar-refractivity contribution in [2.45, 2.75) is 6.92 Å². The third kappa shape index (κ3) is 2.73. The Labute approximate surface area is 109 Å². The maximum absolute atomic E-state index is 14.0. The smallest absolute Gasteiger partial charge is 0.328 e. The molecule has 0 saturated carbocycles. The van der Waals surface area contributed by atoms with Crippen LogP contribution in [0.15, 0.2) is 36.4 Å². The monoisotopic (exact) mass is 260 g/mol. The van der Waals surface area contributed by atoms with Gasteiger partial charge in [-0.1, -0.05) is 6.07 Å². The number of rotatable bonds is 3. The van der Waals surface area contributed by atoms with Crippen LogP contribution in [-0.2, 0) is 4.79 Å². The molecule has 2 rings (SSSR count). The SMILES string of the molecule is COc1ccc2cc(/C(C)=C\C(=O)O)cc(F)c2c1. The first kappa shape index (κ1) is 13.1. The summed E-state index contributed by atoms with van der Waals surface area (Å²) < 4.78 is 19.1. The number of carboxylic acids is 1. The molecule has 0 bridgehead atoms. The van der Waals surface area contributed by atoms with E-state index in [-0.39, 0.29) is 0 Å². The number of allylic oxidation sites excluding steroid dienone is 1. The Morgan fingerprint density at radius 3 is 2.68 bits per heavy atom. The van der Waals surface area contributed by atoms with Crippen LogP contribution in [0.5, 0.6) is 5.75 Å². The summed E-state index contributed by atoms with van der Waals surface area (Å²) in [6.07, 6.45) is 1.06. The summed E-state index contributed by atoms with van der Waals surface area (Å²) in [5, 5.41) is 9.86. The van der Waals surface area contributed by atoms with Gasteiger partial charge in [-0.05, 0) is 47.7 Å². The van der Waals surface area contributed by atoms with E-state index in [1.54, 1.807) is 31.2 Å². The number of carboxylic acid groups (broad SMARTS) is 1. The average Bonchev–Trinajstić information content (AvgIpc) is 2.37. The third-order valence-corrected chi connectivity index (χ3v) is 2.91. The predicted molar refractivity (Wildman–Crippen MR) is 71.7 cm³/mol. The van der Waals surface area contributed by atoms with Crippen molar-refractivity contribution in [2.24, 2.45) is 0 Å². The summed E-state index contributed by atoms with van der Waals surface area (Å²) in [4.78, 5) is 10.6. The standard InChI is InChI=1S/C15H13FO3/c1-9(5-15(17)18)11-6-10-3-4-12(19-2)8-13(10)14(16)7-11/h3-8H,1-2H3,(H,17,18)/b9-5-. The van der Waals surface area contributed by atoms with E-state index in [0.717, 1.165) is 6.08 Å². The quantitative estimate of drug-likeness (QED) is 0.859. The highest BCUT2D eigenvalue weighted by Gasteiger charge is 2.07. The molecule has 2 aromatic rings. The topological polar surface area (TPSA) is 46.5 Å². The van der Waals surface area contributed by atoms with Gasteiger partial charge in [0.15, 0.2) is 0 Å². The molecule has 0 aromatic heterocycles. The van der Waals surface area contributed by atoms with Gasteiger partial charge in [0, 0.05) is 11.5 Å². The fraction of sp³-hybridized carbons (Fsp3) is 0.133. The third-order valence-electron chi connectivity index (χ3n) is 2.91. The number of hydrogen-bond donors (Lipinski definition) is 1. The molecule has 98 valence electrons. The molecule has 2 aromatic carbocycles. The van der Waals surface area contributed by atoms with E-state index in [9.17, 15) is 9.18 Å². The van der Waals surface area contributed by atoms with Gasteiger partial charge in [0.25, 0.3) is 0 Å². The molecular formula is C15H13FO3. The fourth-order valence-corrected chi connectivity index (χ4v) is 1.91. The lowest BCUT2D eigenvalue weighted by Crippen LogP contribution is -1.92. The summed E-state index contributed by atoms with van der Waals surface area (Å²) in [6, 6.07) is 8.18. The van der Waals surface area contributed by atoms with Crippen LogP contribution in [0, 0.1) is 5.82 Å². The van der Waals surface area contributed by atoms with Crippen LogP contribution in [0.4, 0.5) is 4.39 Å². The molecule has 0 fully saturated rings. The van der Waals surface area contributed by atoms with Crippen molar-refractivity contribution in [1.82, 2.24) is 0 Å². The average molecular weight is 260 g/mol. The predicted octanol–water partition coefficient (Wildman–Crippen LogP) is 3.48. The molecule has 4 heteroatoms. The Hall–Kier alpha value is -2.36. The second-order valence-electron chi connectivity index (χ2n) is 4.21. The van der Waals surface area contributed by atoms with E-state index in [2.05, 4.69) is 0 Å². The normalized spacial score (nSPS) is 11.6. The van der Waals surface area contributed by atoms with Crippen molar-refractivity contribution in [3.63, 3.8) is 0 Å². The highest BCUT2D eigenvalue weighted by Crippen LogP contribution is 2.27. The highest BCUT2D eigenvalue weighted by atomic mass is 19.1. The number of fused-ring (bicyclic) bond motifs is 1. The van der Waals surface area contributed by atoms with Crippen LogP contribution in [0.2, 0.25) is 0 Å². The molecule has 0 aliphatic carbocycles. The minimum Gasteiger partial charge on any atom is -0.497 e. The van der Waals surface area contributed by atoms with Gasteiger partial charge in [0.2, 0.25) is 0 Å². The van der Waals surface area contributed by atoms with Crippen LogP contribution < -0.4 is 4.74 Å². The fourth-order valence-electron chi connectivity index (χ4n) is 1.91. The summed E-state index contributed by atoms with van der Waals surface area (Å²) in [5.74, 6) is -0.866. The van der Waals surface area contributed by atoms with E-state index in [4.69, 9.17) is 9.84 Å². The lowest BCUT2D eigenvalue weighted by atomic mass is 10.0. The van der Waals surface area contributed by atoms with Crippen LogP contribution in [0.25, 0.3) is 16.3 Å². The molecule has 0 atom stereocenters. The highest BCUT2D eigenvalue weighted by molar-refractivity contribution is 5.92. The molecular weight excluding hydrogens is 247 g/mol. The van der Waals surface area contributed by atoms with Crippen molar-refractivity contribution in [3.8, 4) is 5.75 Å². The number of methoxy groups -OCH3 is 1. The molecule has 0 saturated heterocycles. The van der Waals surface area contributed by atoms with Gasteiger partial charge in [-0.3, -0.25) is 0 Å². The molecule has 0 radical (unpaired) electrons. The van der Waals surface area contributed by atoms with Gasteiger partial charge < -0.3 is 9.84 Å². The van der Waals surface area contributed by atoms with E-state index < -0.39 is 11.8 Å². The van der Waals surface area contributed by atoms with Crippen molar-refractivity contribution < 1.29 is 19.0 Å². The minimum atomic E-state index is -1.05. The number of ether oxygens (including phenoxy) is 1. The molecule has 0 aliphatic rings. The van der Waals surface area contributed by atoms with Crippen molar-refractivity contribution in [3.05, 3.63) is 47.8 Å². The van der Waals surface area contributed by atoms with Gasteiger partial charge in [-0.2, -0.15) is 0 Å². The molecule has 0 aliphatic heterocycles. The molecule has 0 spiro atoms. The first-order chi connectivity index (χ1) is 9.01. The van der Waals surface area contributed by atoms with E-state index in [0.29, 0.717) is 27.7 Å². The van der Waals surface area contributed by atoms with E-state index >= 15 is 0 Å². The molecule has 1 N–H and O–H groups in total. The molecule has 0 heterocycles. The van der Waals surface area contributed by atoms with Gasteiger partial charge >= 0.3 is 5.97 Å². The largest absolute Gasteiger partial charge is 0.497 e. The Morgan fingerprint density at radius 1 is 1.32 bits per heavy atom. The summed E-state index contributed by atoms with van der Waals surface area (Å²) in [6.45, 7) is 1.64. The summed E-state index contributed by atoms with van der Waals surface area (Å²) in [5.41, 5.74) is 1.06. The van der Waals surface area contributed by atoms with Gasteiger partial charge in [-0.25, -0.2) is 9.18 Å². The lowest BCUT2D eigenvalue weighted by molar-refractivity contribution is -0.131. The lowest BCUT2D eigenvalue weighted by Gasteiger charge is -2.07. The number of carbonyl (C=O) groups is 1. The maximum atomic E-state index is 14.0. The van der Waals surface area contributed by atoms with Gasteiger partial charge in [-0.15, -0.1) is 0 Å². The number of hydrogen-bond acceptors (Lipinski definition) is 2. The van der Waals surface area contributed by atoms with Gasteiger partial charge in [0.05, 0.1) is 7.11 Å². The van der Waals surface area contributed by atoms with Gasteiger partial charge in [0.1, 0.15) is 11.6 Å². The van der Waals surface area contributed by atoms with Crippen molar-refractivity contribution in [2.75, 3.05) is 7.11 Å².